The highest BCUT2D eigenvalue weighted by atomic mass is 16.2. The van der Waals surface area contributed by atoms with Crippen LogP contribution in [0.5, 0.6) is 0 Å². The van der Waals surface area contributed by atoms with Crippen LogP contribution in [0.3, 0.4) is 0 Å². The lowest BCUT2D eigenvalue weighted by molar-refractivity contribution is -0.132. The fraction of sp³-hybridized carbons (Fsp3) is 0.600. The second-order valence-electron chi connectivity index (χ2n) is 7.07. The van der Waals surface area contributed by atoms with Crippen LogP contribution in [-0.2, 0) is 16.1 Å². The van der Waals surface area contributed by atoms with Crippen LogP contribution in [0.15, 0.2) is 30.3 Å². The standard InChI is InChI=1S/C20H29N3O2/c1-2-7-19(24)22-12-6-11-21(14-15-22)18-10-13-23(20(18)25)16-17-8-4-3-5-9-17/h3-5,8-9,18H,2,6-7,10-16H2,1H3. The summed E-state index contributed by atoms with van der Waals surface area (Å²) in [6.07, 6.45) is 3.38. The molecule has 1 aromatic carbocycles. The van der Waals surface area contributed by atoms with E-state index in [4.69, 9.17) is 0 Å². The normalized spacial score (nSPS) is 22.3. The van der Waals surface area contributed by atoms with Crippen LogP contribution < -0.4 is 0 Å². The van der Waals surface area contributed by atoms with E-state index in [1.54, 1.807) is 0 Å². The van der Waals surface area contributed by atoms with Crippen molar-refractivity contribution in [1.29, 1.82) is 0 Å². The molecule has 1 unspecified atom stereocenters. The van der Waals surface area contributed by atoms with Crippen molar-refractivity contribution in [2.45, 2.75) is 45.2 Å². The average Bonchev–Trinajstić information content (AvgIpc) is 2.84. The Bertz CT molecular complexity index is 590. The maximum atomic E-state index is 12.8. The minimum atomic E-state index is -0.00932. The molecule has 136 valence electrons. The second-order valence-corrected chi connectivity index (χ2v) is 7.07. The lowest BCUT2D eigenvalue weighted by Crippen LogP contribution is -2.44. The summed E-state index contributed by atoms with van der Waals surface area (Å²) in [5.74, 6) is 0.505. The highest BCUT2D eigenvalue weighted by molar-refractivity contribution is 5.84. The van der Waals surface area contributed by atoms with Crippen LogP contribution in [0.2, 0.25) is 0 Å². The molecule has 1 atom stereocenters. The van der Waals surface area contributed by atoms with E-state index in [0.717, 1.165) is 52.0 Å². The Balaban J connectivity index is 1.56. The zero-order chi connectivity index (χ0) is 17.6. The summed E-state index contributed by atoms with van der Waals surface area (Å²) in [7, 11) is 0. The molecule has 2 aliphatic rings. The minimum Gasteiger partial charge on any atom is -0.341 e. The Morgan fingerprint density at radius 2 is 1.88 bits per heavy atom. The van der Waals surface area contributed by atoms with Gasteiger partial charge in [-0.3, -0.25) is 14.5 Å². The van der Waals surface area contributed by atoms with Gasteiger partial charge in [0.1, 0.15) is 0 Å². The fourth-order valence-electron chi connectivity index (χ4n) is 3.89. The van der Waals surface area contributed by atoms with Gasteiger partial charge in [-0.2, -0.15) is 0 Å². The van der Waals surface area contributed by atoms with E-state index in [-0.39, 0.29) is 17.9 Å². The van der Waals surface area contributed by atoms with Crippen LogP contribution >= 0.6 is 0 Å². The number of amides is 2. The van der Waals surface area contributed by atoms with Gasteiger partial charge >= 0.3 is 0 Å². The van der Waals surface area contributed by atoms with Crippen LogP contribution in [0.1, 0.15) is 38.2 Å². The van der Waals surface area contributed by atoms with Gasteiger partial charge in [0, 0.05) is 45.7 Å². The van der Waals surface area contributed by atoms with E-state index >= 15 is 0 Å². The quantitative estimate of drug-likeness (QED) is 0.823. The largest absolute Gasteiger partial charge is 0.341 e. The summed E-state index contributed by atoms with van der Waals surface area (Å²) in [4.78, 5) is 31.2. The Labute approximate surface area is 150 Å². The van der Waals surface area contributed by atoms with Crippen LogP contribution in [0.25, 0.3) is 0 Å². The van der Waals surface area contributed by atoms with E-state index in [9.17, 15) is 9.59 Å². The van der Waals surface area contributed by atoms with Crippen molar-refractivity contribution >= 4 is 11.8 Å². The second kappa shape index (κ2) is 8.48. The number of rotatable bonds is 5. The molecule has 2 fully saturated rings. The Hall–Kier alpha value is -1.88. The summed E-state index contributed by atoms with van der Waals surface area (Å²) in [5, 5.41) is 0. The molecule has 2 saturated heterocycles. The summed E-state index contributed by atoms with van der Waals surface area (Å²) in [6, 6.07) is 10.2. The van der Waals surface area contributed by atoms with E-state index in [2.05, 4.69) is 17.0 Å². The van der Waals surface area contributed by atoms with Gasteiger partial charge in [-0.05, 0) is 24.8 Å². The fourth-order valence-corrected chi connectivity index (χ4v) is 3.89. The molecule has 1 aromatic rings. The first-order valence-corrected chi connectivity index (χ1v) is 9.53. The van der Waals surface area contributed by atoms with Crippen molar-refractivity contribution in [2.75, 3.05) is 32.7 Å². The molecular formula is C20H29N3O2. The molecule has 0 aliphatic carbocycles. The molecule has 0 radical (unpaired) electrons. The van der Waals surface area contributed by atoms with Gasteiger partial charge in [-0.25, -0.2) is 0 Å². The maximum absolute atomic E-state index is 12.8. The SMILES string of the molecule is CCCC(=O)N1CCCN(C2CCN(Cc3ccccc3)C2=O)CC1. The van der Waals surface area contributed by atoms with Crippen molar-refractivity contribution < 1.29 is 9.59 Å². The lowest BCUT2D eigenvalue weighted by atomic mass is 10.2. The number of hydrogen-bond acceptors (Lipinski definition) is 3. The number of benzene rings is 1. The lowest BCUT2D eigenvalue weighted by Gasteiger charge is -2.26. The Morgan fingerprint density at radius 3 is 2.64 bits per heavy atom. The molecule has 2 amide bonds. The summed E-state index contributed by atoms with van der Waals surface area (Å²) >= 11 is 0. The van der Waals surface area contributed by atoms with Gasteiger partial charge in [-0.1, -0.05) is 37.3 Å². The molecule has 25 heavy (non-hydrogen) atoms. The molecule has 3 rings (SSSR count). The van der Waals surface area contributed by atoms with Crippen molar-refractivity contribution in [3.05, 3.63) is 35.9 Å². The number of likely N-dealkylation sites (tertiary alicyclic amines) is 1. The van der Waals surface area contributed by atoms with Gasteiger partial charge in [0.25, 0.3) is 0 Å². The van der Waals surface area contributed by atoms with Crippen LogP contribution in [0, 0.1) is 0 Å². The first-order chi connectivity index (χ1) is 12.2. The van der Waals surface area contributed by atoms with E-state index in [1.165, 1.54) is 5.56 Å². The smallest absolute Gasteiger partial charge is 0.240 e. The summed E-state index contributed by atoms with van der Waals surface area (Å²) in [6.45, 7) is 6.86. The maximum Gasteiger partial charge on any atom is 0.240 e. The number of carbonyl (C=O) groups excluding carboxylic acids is 2. The molecule has 0 N–H and O–H groups in total. The first kappa shape index (κ1) is 17.9. The third kappa shape index (κ3) is 4.40. The summed E-state index contributed by atoms with van der Waals surface area (Å²) in [5.41, 5.74) is 1.18. The van der Waals surface area contributed by atoms with Crippen molar-refractivity contribution in [3.8, 4) is 0 Å². The van der Waals surface area contributed by atoms with Crippen molar-refractivity contribution in [1.82, 2.24) is 14.7 Å². The predicted molar refractivity (Wildman–Crippen MR) is 97.9 cm³/mol. The number of nitrogens with zero attached hydrogens (tertiary/aromatic N) is 3. The van der Waals surface area contributed by atoms with Gasteiger partial charge in [0.15, 0.2) is 0 Å². The highest BCUT2D eigenvalue weighted by Crippen LogP contribution is 2.21. The van der Waals surface area contributed by atoms with E-state index in [0.29, 0.717) is 13.0 Å². The van der Waals surface area contributed by atoms with Gasteiger partial charge in [-0.15, -0.1) is 0 Å². The van der Waals surface area contributed by atoms with Crippen LogP contribution in [0.4, 0.5) is 0 Å². The molecule has 0 aromatic heterocycles. The molecule has 0 saturated carbocycles. The molecule has 5 heteroatoms. The van der Waals surface area contributed by atoms with Gasteiger partial charge in [0.05, 0.1) is 6.04 Å². The third-order valence-electron chi connectivity index (χ3n) is 5.27. The molecule has 0 bridgehead atoms. The number of carbonyl (C=O) groups is 2. The highest BCUT2D eigenvalue weighted by Gasteiger charge is 2.36. The molecule has 0 spiro atoms. The third-order valence-corrected chi connectivity index (χ3v) is 5.27. The van der Waals surface area contributed by atoms with E-state index in [1.807, 2.05) is 34.9 Å². The summed E-state index contributed by atoms with van der Waals surface area (Å²) < 4.78 is 0. The Kier molecular flexibility index (Phi) is 6.08. The minimum absolute atomic E-state index is 0.00932. The Morgan fingerprint density at radius 1 is 1.08 bits per heavy atom. The zero-order valence-corrected chi connectivity index (χ0v) is 15.2. The predicted octanol–water partition coefficient (Wildman–Crippen LogP) is 2.12. The van der Waals surface area contributed by atoms with E-state index < -0.39 is 0 Å². The van der Waals surface area contributed by atoms with Crippen LogP contribution in [-0.4, -0.2) is 65.3 Å². The topological polar surface area (TPSA) is 43.9 Å². The first-order valence-electron chi connectivity index (χ1n) is 9.53. The number of hydrogen-bond donors (Lipinski definition) is 0. The molecule has 5 nitrogen and oxygen atoms in total. The average molecular weight is 343 g/mol. The molecule has 2 heterocycles. The van der Waals surface area contributed by atoms with Crippen molar-refractivity contribution in [3.63, 3.8) is 0 Å². The molecular weight excluding hydrogens is 314 g/mol. The van der Waals surface area contributed by atoms with Gasteiger partial charge in [0.2, 0.25) is 11.8 Å². The van der Waals surface area contributed by atoms with Gasteiger partial charge < -0.3 is 9.80 Å². The van der Waals surface area contributed by atoms with Crippen molar-refractivity contribution in [2.24, 2.45) is 0 Å². The molecule has 2 aliphatic heterocycles. The zero-order valence-electron chi connectivity index (χ0n) is 15.2. The monoisotopic (exact) mass is 343 g/mol.